The zero-order valence-corrected chi connectivity index (χ0v) is 11.8. The summed E-state index contributed by atoms with van der Waals surface area (Å²) in [6, 6.07) is 0.594. The van der Waals surface area contributed by atoms with Gasteiger partial charge in [0.1, 0.15) is 0 Å². The van der Waals surface area contributed by atoms with Gasteiger partial charge in [-0.25, -0.2) is 0 Å². The molecular formula is C13H30N2O. The van der Waals surface area contributed by atoms with Crippen LogP contribution in [0.2, 0.25) is 0 Å². The molecule has 0 bridgehead atoms. The van der Waals surface area contributed by atoms with Crippen molar-refractivity contribution in [2.24, 2.45) is 11.1 Å². The molecule has 0 aliphatic carbocycles. The van der Waals surface area contributed by atoms with Crippen molar-refractivity contribution in [1.82, 2.24) is 4.90 Å². The predicted molar refractivity (Wildman–Crippen MR) is 70.7 cm³/mol. The minimum atomic E-state index is 0.282. The Hall–Kier alpha value is -0.120. The zero-order valence-electron chi connectivity index (χ0n) is 11.8. The first-order valence-corrected chi connectivity index (χ1v) is 6.36. The summed E-state index contributed by atoms with van der Waals surface area (Å²) < 4.78 is 5.13. The van der Waals surface area contributed by atoms with Crippen molar-refractivity contribution in [3.8, 4) is 0 Å². The highest BCUT2D eigenvalue weighted by Crippen LogP contribution is 2.20. The lowest BCUT2D eigenvalue weighted by Crippen LogP contribution is -2.35. The van der Waals surface area contributed by atoms with E-state index in [1.165, 1.54) is 12.8 Å². The van der Waals surface area contributed by atoms with Crippen molar-refractivity contribution in [1.29, 1.82) is 0 Å². The number of hydrogen-bond acceptors (Lipinski definition) is 3. The first-order chi connectivity index (χ1) is 7.43. The lowest BCUT2D eigenvalue weighted by atomic mass is 9.88. The fourth-order valence-corrected chi connectivity index (χ4v) is 1.70. The second-order valence-electron chi connectivity index (χ2n) is 5.59. The van der Waals surface area contributed by atoms with Crippen LogP contribution in [0.4, 0.5) is 0 Å². The highest BCUT2D eigenvalue weighted by Gasteiger charge is 2.16. The standard InChI is InChI=1S/C13H30N2O/c1-12(2)15(9-10-16-5)8-6-7-13(3,4)11-14/h12H,6-11,14H2,1-5H3. The van der Waals surface area contributed by atoms with Gasteiger partial charge in [0.15, 0.2) is 0 Å². The highest BCUT2D eigenvalue weighted by molar-refractivity contribution is 4.71. The van der Waals surface area contributed by atoms with E-state index in [-0.39, 0.29) is 5.41 Å². The Morgan fingerprint density at radius 1 is 1.25 bits per heavy atom. The average Bonchev–Trinajstić information content (AvgIpc) is 2.22. The van der Waals surface area contributed by atoms with Crippen LogP contribution in [0.1, 0.15) is 40.5 Å². The minimum absolute atomic E-state index is 0.282. The largest absolute Gasteiger partial charge is 0.383 e. The molecule has 0 saturated carbocycles. The van der Waals surface area contributed by atoms with Gasteiger partial charge in [0.25, 0.3) is 0 Å². The number of ether oxygens (including phenoxy) is 1. The smallest absolute Gasteiger partial charge is 0.0589 e. The first-order valence-electron chi connectivity index (χ1n) is 6.36. The average molecular weight is 230 g/mol. The van der Waals surface area contributed by atoms with E-state index in [0.717, 1.165) is 26.2 Å². The third-order valence-electron chi connectivity index (χ3n) is 3.16. The first kappa shape index (κ1) is 15.9. The lowest BCUT2D eigenvalue weighted by Gasteiger charge is -2.28. The lowest BCUT2D eigenvalue weighted by molar-refractivity contribution is 0.125. The van der Waals surface area contributed by atoms with E-state index in [1.807, 2.05) is 0 Å². The van der Waals surface area contributed by atoms with Gasteiger partial charge in [0.05, 0.1) is 6.61 Å². The summed E-state index contributed by atoms with van der Waals surface area (Å²) in [5.74, 6) is 0. The van der Waals surface area contributed by atoms with Crippen LogP contribution in [0.3, 0.4) is 0 Å². The minimum Gasteiger partial charge on any atom is -0.383 e. The van der Waals surface area contributed by atoms with E-state index in [2.05, 4.69) is 32.6 Å². The van der Waals surface area contributed by atoms with Gasteiger partial charge in [0.2, 0.25) is 0 Å². The maximum Gasteiger partial charge on any atom is 0.0589 e. The van der Waals surface area contributed by atoms with Gasteiger partial charge in [-0.1, -0.05) is 13.8 Å². The monoisotopic (exact) mass is 230 g/mol. The van der Waals surface area contributed by atoms with Crippen LogP contribution in [0.15, 0.2) is 0 Å². The Morgan fingerprint density at radius 3 is 2.31 bits per heavy atom. The Kier molecular flexibility index (Phi) is 7.98. The number of nitrogens with zero attached hydrogens (tertiary/aromatic N) is 1. The summed E-state index contributed by atoms with van der Waals surface area (Å²) in [6.45, 7) is 12.7. The van der Waals surface area contributed by atoms with Gasteiger partial charge in [-0.3, -0.25) is 4.90 Å². The van der Waals surface area contributed by atoms with Crippen molar-refractivity contribution < 1.29 is 4.74 Å². The third kappa shape index (κ3) is 7.20. The molecule has 0 spiro atoms. The van der Waals surface area contributed by atoms with E-state index in [1.54, 1.807) is 7.11 Å². The highest BCUT2D eigenvalue weighted by atomic mass is 16.5. The Balaban J connectivity index is 3.84. The van der Waals surface area contributed by atoms with Crippen molar-refractivity contribution >= 4 is 0 Å². The molecule has 0 aromatic rings. The van der Waals surface area contributed by atoms with E-state index >= 15 is 0 Å². The summed E-state index contributed by atoms with van der Waals surface area (Å²) in [6.07, 6.45) is 2.41. The summed E-state index contributed by atoms with van der Waals surface area (Å²) in [5, 5.41) is 0. The van der Waals surface area contributed by atoms with Crippen LogP contribution in [-0.2, 0) is 4.74 Å². The SMILES string of the molecule is COCCN(CCCC(C)(C)CN)C(C)C. The van der Waals surface area contributed by atoms with E-state index < -0.39 is 0 Å². The summed E-state index contributed by atoms with van der Waals surface area (Å²) in [5.41, 5.74) is 6.01. The molecule has 0 fully saturated rings. The summed E-state index contributed by atoms with van der Waals surface area (Å²) in [7, 11) is 1.76. The quantitative estimate of drug-likeness (QED) is 0.659. The number of hydrogen-bond donors (Lipinski definition) is 1. The molecule has 2 N–H and O–H groups in total. The molecular weight excluding hydrogens is 200 g/mol. The fraction of sp³-hybridized carbons (Fsp3) is 1.00. The Bertz CT molecular complexity index is 169. The van der Waals surface area contributed by atoms with Crippen LogP contribution in [0.25, 0.3) is 0 Å². The molecule has 0 radical (unpaired) electrons. The van der Waals surface area contributed by atoms with E-state index in [4.69, 9.17) is 10.5 Å². The summed E-state index contributed by atoms with van der Waals surface area (Å²) in [4.78, 5) is 2.47. The molecule has 16 heavy (non-hydrogen) atoms. The van der Waals surface area contributed by atoms with Crippen LogP contribution in [-0.4, -0.2) is 44.3 Å². The molecule has 0 saturated heterocycles. The number of methoxy groups -OCH3 is 1. The normalized spacial score (nSPS) is 12.8. The molecule has 3 nitrogen and oxygen atoms in total. The van der Waals surface area contributed by atoms with Crippen molar-refractivity contribution in [2.45, 2.75) is 46.6 Å². The molecule has 0 heterocycles. The van der Waals surface area contributed by atoms with E-state index in [9.17, 15) is 0 Å². The summed E-state index contributed by atoms with van der Waals surface area (Å²) >= 11 is 0. The number of rotatable bonds is 9. The molecule has 0 rings (SSSR count). The van der Waals surface area contributed by atoms with Crippen molar-refractivity contribution in [3.63, 3.8) is 0 Å². The van der Waals surface area contributed by atoms with Crippen LogP contribution >= 0.6 is 0 Å². The van der Waals surface area contributed by atoms with Gasteiger partial charge in [0, 0.05) is 19.7 Å². The van der Waals surface area contributed by atoms with Gasteiger partial charge < -0.3 is 10.5 Å². The second kappa shape index (κ2) is 8.04. The predicted octanol–water partition coefficient (Wildman–Crippen LogP) is 2.11. The molecule has 0 aliphatic rings. The number of nitrogens with two attached hydrogens (primary N) is 1. The Morgan fingerprint density at radius 2 is 1.88 bits per heavy atom. The van der Waals surface area contributed by atoms with Crippen LogP contribution in [0, 0.1) is 5.41 Å². The molecule has 0 unspecified atom stereocenters. The third-order valence-corrected chi connectivity index (χ3v) is 3.16. The fourth-order valence-electron chi connectivity index (χ4n) is 1.70. The molecule has 3 heteroatoms. The topological polar surface area (TPSA) is 38.5 Å². The van der Waals surface area contributed by atoms with Gasteiger partial charge in [-0.15, -0.1) is 0 Å². The van der Waals surface area contributed by atoms with Gasteiger partial charge >= 0.3 is 0 Å². The molecule has 0 aliphatic heterocycles. The maximum atomic E-state index is 5.73. The van der Waals surface area contributed by atoms with Crippen molar-refractivity contribution in [2.75, 3.05) is 33.4 Å². The second-order valence-corrected chi connectivity index (χ2v) is 5.59. The van der Waals surface area contributed by atoms with Crippen LogP contribution in [0.5, 0.6) is 0 Å². The van der Waals surface area contributed by atoms with Crippen molar-refractivity contribution in [3.05, 3.63) is 0 Å². The Labute approximate surface area is 101 Å². The molecule has 0 amide bonds. The zero-order chi connectivity index (χ0) is 12.6. The molecule has 0 aromatic carbocycles. The molecule has 0 aromatic heterocycles. The van der Waals surface area contributed by atoms with Gasteiger partial charge in [-0.2, -0.15) is 0 Å². The van der Waals surface area contributed by atoms with Crippen LogP contribution < -0.4 is 5.73 Å². The van der Waals surface area contributed by atoms with Gasteiger partial charge in [-0.05, 0) is 45.2 Å². The maximum absolute atomic E-state index is 5.73. The molecule has 98 valence electrons. The molecule has 0 atom stereocenters. The van der Waals surface area contributed by atoms with E-state index in [0.29, 0.717) is 6.04 Å².